The molecule has 1 heterocycles. The maximum atomic E-state index is 13.7. The van der Waals surface area contributed by atoms with E-state index >= 15 is 0 Å². The van der Waals surface area contributed by atoms with E-state index in [1.54, 1.807) is 0 Å². The number of nitrogens with zero attached hydrogens (tertiary/aromatic N) is 1. The number of carbonyl (C=O) groups is 1. The van der Waals surface area contributed by atoms with E-state index in [2.05, 4.69) is 4.98 Å². The van der Waals surface area contributed by atoms with Gasteiger partial charge >= 0.3 is 12.1 Å². The lowest BCUT2D eigenvalue weighted by Gasteiger charge is -2.07. The van der Waals surface area contributed by atoms with Crippen LogP contribution < -0.4 is 0 Å². The Kier molecular flexibility index (Phi) is 3.51. The molecule has 0 saturated carbocycles. The second kappa shape index (κ2) is 4.86. The third-order valence-electron chi connectivity index (χ3n) is 2.52. The van der Waals surface area contributed by atoms with Crippen molar-refractivity contribution < 1.29 is 27.5 Å². The van der Waals surface area contributed by atoms with Gasteiger partial charge in [-0.1, -0.05) is 0 Å². The van der Waals surface area contributed by atoms with E-state index in [9.17, 15) is 22.4 Å². The number of benzene rings is 1. The van der Waals surface area contributed by atoms with Gasteiger partial charge in [0.05, 0.1) is 11.3 Å². The first-order valence-electron chi connectivity index (χ1n) is 5.28. The number of hydrogen-bond donors (Lipinski definition) is 1. The second-order valence-electron chi connectivity index (χ2n) is 3.93. The van der Waals surface area contributed by atoms with Gasteiger partial charge in [-0.15, -0.1) is 11.3 Å². The standard InChI is InChI=1S/C12H7F4NO2S/c1-5-9(11(18)19)20-10(17-5)7-3-2-6(4-8(7)13)12(14,15)16/h2-4H,1H3,(H,18,19). The highest BCUT2D eigenvalue weighted by atomic mass is 32.1. The topological polar surface area (TPSA) is 50.2 Å². The van der Waals surface area contributed by atoms with Crippen LogP contribution in [-0.4, -0.2) is 16.1 Å². The van der Waals surface area contributed by atoms with Gasteiger partial charge < -0.3 is 5.11 Å². The molecule has 20 heavy (non-hydrogen) atoms. The molecule has 0 amide bonds. The van der Waals surface area contributed by atoms with E-state index in [1.807, 2.05) is 0 Å². The van der Waals surface area contributed by atoms with Gasteiger partial charge in [0.1, 0.15) is 15.7 Å². The number of rotatable bonds is 2. The van der Waals surface area contributed by atoms with Crippen molar-refractivity contribution in [3.8, 4) is 10.6 Å². The number of carboxylic acid groups (broad SMARTS) is 1. The van der Waals surface area contributed by atoms with Crippen molar-refractivity contribution in [2.45, 2.75) is 13.1 Å². The van der Waals surface area contributed by atoms with Crippen molar-refractivity contribution in [3.05, 3.63) is 40.2 Å². The molecule has 1 aromatic carbocycles. The number of aromatic carboxylic acids is 1. The third kappa shape index (κ3) is 2.64. The van der Waals surface area contributed by atoms with Crippen LogP contribution in [0.3, 0.4) is 0 Å². The van der Waals surface area contributed by atoms with Crippen LogP contribution in [-0.2, 0) is 6.18 Å². The number of alkyl halides is 3. The first-order valence-corrected chi connectivity index (χ1v) is 6.09. The van der Waals surface area contributed by atoms with Crippen LogP contribution >= 0.6 is 11.3 Å². The predicted molar refractivity (Wildman–Crippen MR) is 64.2 cm³/mol. The zero-order valence-corrected chi connectivity index (χ0v) is 10.8. The van der Waals surface area contributed by atoms with Crippen molar-refractivity contribution in [2.75, 3.05) is 0 Å². The molecule has 0 radical (unpaired) electrons. The minimum atomic E-state index is -4.63. The molecule has 2 rings (SSSR count). The van der Waals surface area contributed by atoms with Crippen molar-refractivity contribution >= 4 is 17.3 Å². The van der Waals surface area contributed by atoms with Crippen molar-refractivity contribution in [3.63, 3.8) is 0 Å². The summed E-state index contributed by atoms with van der Waals surface area (Å²) in [5.74, 6) is -2.30. The van der Waals surface area contributed by atoms with E-state index in [0.717, 1.165) is 12.1 Å². The summed E-state index contributed by atoms with van der Waals surface area (Å²) in [7, 11) is 0. The van der Waals surface area contributed by atoms with Crippen LogP contribution in [0, 0.1) is 12.7 Å². The Hall–Kier alpha value is -1.96. The third-order valence-corrected chi connectivity index (χ3v) is 3.70. The first kappa shape index (κ1) is 14.4. The Balaban J connectivity index is 2.49. The van der Waals surface area contributed by atoms with E-state index in [4.69, 9.17) is 5.11 Å². The maximum absolute atomic E-state index is 13.7. The molecule has 2 aromatic rings. The Labute approximate surface area is 114 Å². The molecule has 0 aliphatic heterocycles. The van der Waals surface area contributed by atoms with Gasteiger partial charge in [0.2, 0.25) is 0 Å². The van der Waals surface area contributed by atoms with Crippen LogP contribution in [0.4, 0.5) is 17.6 Å². The SMILES string of the molecule is Cc1nc(-c2ccc(C(F)(F)F)cc2F)sc1C(=O)O. The quantitative estimate of drug-likeness (QED) is 0.854. The molecule has 0 aliphatic carbocycles. The number of hydrogen-bond acceptors (Lipinski definition) is 3. The molecule has 0 fully saturated rings. The predicted octanol–water partition coefficient (Wildman–Crippen LogP) is 3.97. The number of halogens is 4. The summed E-state index contributed by atoms with van der Waals surface area (Å²) in [6, 6.07) is 2.05. The largest absolute Gasteiger partial charge is 0.477 e. The highest BCUT2D eigenvalue weighted by Gasteiger charge is 2.31. The second-order valence-corrected chi connectivity index (χ2v) is 4.93. The summed E-state index contributed by atoms with van der Waals surface area (Å²) in [4.78, 5) is 14.7. The molecule has 0 unspecified atom stereocenters. The smallest absolute Gasteiger partial charge is 0.416 e. The molecular weight excluding hydrogens is 298 g/mol. The zero-order chi connectivity index (χ0) is 15.1. The summed E-state index contributed by atoms with van der Waals surface area (Å²) in [5.41, 5.74) is -1.07. The van der Waals surface area contributed by atoms with Crippen LogP contribution in [0.1, 0.15) is 20.9 Å². The van der Waals surface area contributed by atoms with Crippen molar-refractivity contribution in [2.24, 2.45) is 0 Å². The Morgan fingerprint density at radius 2 is 2.00 bits per heavy atom. The van der Waals surface area contributed by atoms with Gasteiger partial charge in [-0.25, -0.2) is 14.2 Å². The first-order chi connectivity index (χ1) is 9.20. The fraction of sp³-hybridized carbons (Fsp3) is 0.167. The van der Waals surface area contributed by atoms with E-state index in [0.29, 0.717) is 17.4 Å². The minimum Gasteiger partial charge on any atom is -0.477 e. The molecule has 3 nitrogen and oxygen atoms in total. The molecule has 106 valence electrons. The summed E-state index contributed by atoms with van der Waals surface area (Å²) in [5, 5.41) is 8.91. The average molecular weight is 305 g/mol. The highest BCUT2D eigenvalue weighted by Crippen LogP contribution is 2.34. The Morgan fingerprint density at radius 1 is 1.35 bits per heavy atom. The molecule has 0 bridgehead atoms. The zero-order valence-electron chi connectivity index (χ0n) is 9.95. The normalized spacial score (nSPS) is 11.7. The highest BCUT2D eigenvalue weighted by molar-refractivity contribution is 7.17. The number of thiazole rings is 1. The van der Waals surface area contributed by atoms with Crippen LogP contribution in [0.25, 0.3) is 10.6 Å². The summed E-state index contributed by atoms with van der Waals surface area (Å²) < 4.78 is 51.0. The van der Waals surface area contributed by atoms with Crippen LogP contribution in [0.2, 0.25) is 0 Å². The van der Waals surface area contributed by atoms with Gasteiger partial charge in [-0.2, -0.15) is 13.2 Å². The lowest BCUT2D eigenvalue weighted by Crippen LogP contribution is -2.05. The summed E-state index contributed by atoms with van der Waals surface area (Å²) >= 11 is 0.716. The van der Waals surface area contributed by atoms with Crippen molar-refractivity contribution in [1.82, 2.24) is 4.98 Å². The molecule has 8 heteroatoms. The molecule has 0 saturated heterocycles. The Morgan fingerprint density at radius 3 is 2.45 bits per heavy atom. The van der Waals surface area contributed by atoms with Crippen LogP contribution in [0.15, 0.2) is 18.2 Å². The molecule has 0 atom stereocenters. The van der Waals surface area contributed by atoms with Gasteiger partial charge in [0.25, 0.3) is 0 Å². The molecule has 1 aromatic heterocycles. The van der Waals surface area contributed by atoms with Gasteiger partial charge in [0.15, 0.2) is 0 Å². The monoisotopic (exact) mass is 305 g/mol. The number of aryl methyl sites for hydroxylation is 1. The molecular formula is C12H7F4NO2S. The van der Waals surface area contributed by atoms with E-state index in [1.165, 1.54) is 6.92 Å². The summed E-state index contributed by atoms with van der Waals surface area (Å²) in [6.07, 6.45) is -4.63. The molecule has 1 N–H and O–H groups in total. The van der Waals surface area contributed by atoms with Gasteiger partial charge in [0, 0.05) is 5.56 Å². The van der Waals surface area contributed by atoms with Gasteiger partial charge in [-0.3, -0.25) is 0 Å². The average Bonchev–Trinajstić information content (AvgIpc) is 2.69. The van der Waals surface area contributed by atoms with Crippen LogP contribution in [0.5, 0.6) is 0 Å². The fourth-order valence-electron chi connectivity index (χ4n) is 1.57. The number of aromatic nitrogens is 1. The lowest BCUT2D eigenvalue weighted by atomic mass is 10.1. The van der Waals surface area contributed by atoms with Crippen molar-refractivity contribution in [1.29, 1.82) is 0 Å². The van der Waals surface area contributed by atoms with E-state index in [-0.39, 0.29) is 21.1 Å². The molecule has 0 aliphatic rings. The van der Waals surface area contributed by atoms with E-state index < -0.39 is 23.5 Å². The number of carboxylic acids is 1. The summed E-state index contributed by atoms with van der Waals surface area (Å²) in [6.45, 7) is 1.44. The minimum absolute atomic E-state index is 0.0334. The van der Waals surface area contributed by atoms with Gasteiger partial charge in [-0.05, 0) is 25.1 Å². The Bertz CT molecular complexity index is 679. The fourth-order valence-corrected chi connectivity index (χ4v) is 2.51. The maximum Gasteiger partial charge on any atom is 0.416 e. The lowest BCUT2D eigenvalue weighted by molar-refractivity contribution is -0.137. The molecule has 0 spiro atoms.